The van der Waals surface area contributed by atoms with Crippen molar-refractivity contribution in [3.63, 3.8) is 0 Å². The van der Waals surface area contributed by atoms with Crippen molar-refractivity contribution in [2.75, 3.05) is 0 Å². The number of hydrogen-bond acceptors (Lipinski definition) is 6. The van der Waals surface area contributed by atoms with Gasteiger partial charge >= 0.3 is 5.97 Å². The second-order valence-corrected chi connectivity index (χ2v) is 6.90. The molecular formula is C22H24N4O3. The molecule has 0 aliphatic heterocycles. The topological polar surface area (TPSA) is 79.1 Å². The number of hydrogen-bond donors (Lipinski definition) is 0. The predicted molar refractivity (Wildman–Crippen MR) is 110 cm³/mol. The lowest BCUT2D eigenvalue weighted by atomic mass is 10.1. The van der Waals surface area contributed by atoms with Crippen LogP contribution in [0.2, 0.25) is 0 Å². The van der Waals surface area contributed by atoms with Crippen LogP contribution in [0.3, 0.4) is 0 Å². The number of pyridine rings is 1. The Kier molecular flexibility index (Phi) is 6.39. The van der Waals surface area contributed by atoms with E-state index in [1.165, 1.54) is 23.3 Å². The summed E-state index contributed by atoms with van der Waals surface area (Å²) < 4.78 is 12.6. The van der Waals surface area contributed by atoms with Crippen molar-refractivity contribution in [1.29, 1.82) is 0 Å². The van der Waals surface area contributed by atoms with Crippen molar-refractivity contribution < 1.29 is 14.3 Å². The minimum absolute atomic E-state index is 0.0811. The molecule has 0 saturated heterocycles. The number of carbonyl (C=O) groups is 1. The van der Waals surface area contributed by atoms with E-state index in [0.29, 0.717) is 11.5 Å². The molecule has 0 radical (unpaired) electrons. The Labute approximate surface area is 170 Å². The average molecular weight is 392 g/mol. The van der Waals surface area contributed by atoms with Gasteiger partial charge in [-0.05, 0) is 63.6 Å². The molecule has 2 heterocycles. The zero-order valence-electron chi connectivity index (χ0n) is 16.9. The van der Waals surface area contributed by atoms with Crippen LogP contribution < -0.4 is 4.74 Å². The lowest BCUT2D eigenvalue weighted by Crippen LogP contribution is -2.07. The molecule has 150 valence electrons. The Hall–Kier alpha value is -3.48. The first-order valence-corrected chi connectivity index (χ1v) is 9.40. The van der Waals surface area contributed by atoms with E-state index in [0.717, 1.165) is 16.9 Å². The largest absolute Gasteiger partial charge is 0.491 e. The molecule has 0 spiro atoms. The molecule has 29 heavy (non-hydrogen) atoms. The molecule has 0 N–H and O–H groups in total. The molecular weight excluding hydrogens is 368 g/mol. The normalized spacial score (nSPS) is 12.3. The monoisotopic (exact) mass is 392 g/mol. The summed E-state index contributed by atoms with van der Waals surface area (Å²) in [7, 11) is 0. The average Bonchev–Trinajstić information content (AvgIpc) is 3.15. The van der Waals surface area contributed by atoms with Gasteiger partial charge in [0.25, 0.3) is 0 Å². The molecule has 1 atom stereocenters. The van der Waals surface area contributed by atoms with Crippen molar-refractivity contribution in [2.45, 2.75) is 39.9 Å². The van der Waals surface area contributed by atoms with Crippen LogP contribution in [0.1, 0.15) is 38.1 Å². The summed E-state index contributed by atoms with van der Waals surface area (Å²) in [6.07, 6.45) is 5.65. The van der Waals surface area contributed by atoms with Gasteiger partial charge < -0.3 is 9.47 Å². The van der Waals surface area contributed by atoms with E-state index in [4.69, 9.17) is 9.47 Å². The van der Waals surface area contributed by atoms with Crippen LogP contribution in [0.25, 0.3) is 17.6 Å². The fourth-order valence-corrected chi connectivity index (χ4v) is 2.72. The summed E-state index contributed by atoms with van der Waals surface area (Å²) in [6, 6.07) is 11.3. The van der Waals surface area contributed by atoms with E-state index in [2.05, 4.69) is 15.1 Å². The molecule has 0 unspecified atom stereocenters. The van der Waals surface area contributed by atoms with Crippen molar-refractivity contribution in [3.05, 3.63) is 66.3 Å². The van der Waals surface area contributed by atoms with E-state index in [9.17, 15) is 4.79 Å². The van der Waals surface area contributed by atoms with Gasteiger partial charge in [0.15, 0.2) is 5.82 Å². The molecule has 0 amide bonds. The van der Waals surface area contributed by atoms with Crippen LogP contribution in [0.5, 0.6) is 5.75 Å². The highest BCUT2D eigenvalue weighted by Crippen LogP contribution is 2.24. The fourth-order valence-electron chi connectivity index (χ4n) is 2.72. The minimum atomic E-state index is -0.483. The summed E-state index contributed by atoms with van der Waals surface area (Å²) in [6.45, 7) is 7.73. The number of esters is 1. The van der Waals surface area contributed by atoms with Gasteiger partial charge in [-0.25, -0.2) is 14.5 Å². The zero-order chi connectivity index (χ0) is 20.8. The van der Waals surface area contributed by atoms with Gasteiger partial charge in [0, 0.05) is 24.0 Å². The Bertz CT molecular complexity index is 996. The second-order valence-electron chi connectivity index (χ2n) is 6.90. The number of aromatic nitrogens is 4. The molecule has 3 rings (SSSR count). The first kappa shape index (κ1) is 20.3. The molecule has 0 fully saturated rings. The lowest BCUT2D eigenvalue weighted by Gasteiger charge is -2.11. The highest BCUT2D eigenvalue weighted by atomic mass is 16.5. The third-order valence-electron chi connectivity index (χ3n) is 3.95. The predicted octanol–water partition coefficient (Wildman–Crippen LogP) is 4.21. The third kappa shape index (κ3) is 5.75. The van der Waals surface area contributed by atoms with E-state index >= 15 is 0 Å². The van der Waals surface area contributed by atoms with Gasteiger partial charge in [-0.15, -0.1) is 5.10 Å². The zero-order valence-corrected chi connectivity index (χ0v) is 16.9. The Balaban J connectivity index is 1.67. The number of rotatable bonds is 7. The highest BCUT2D eigenvalue weighted by molar-refractivity contribution is 5.85. The van der Waals surface area contributed by atoms with Gasteiger partial charge in [-0.3, -0.25) is 4.98 Å². The van der Waals surface area contributed by atoms with Crippen molar-refractivity contribution in [3.8, 4) is 17.1 Å². The molecule has 0 aliphatic carbocycles. The lowest BCUT2D eigenvalue weighted by molar-refractivity contribution is -0.142. The van der Waals surface area contributed by atoms with E-state index in [1.54, 1.807) is 13.1 Å². The first-order chi connectivity index (χ1) is 13.9. The number of nitrogens with zero attached hydrogens (tertiary/aromatic N) is 4. The summed E-state index contributed by atoms with van der Waals surface area (Å²) in [4.78, 5) is 20.6. The molecule has 0 aliphatic rings. The summed E-state index contributed by atoms with van der Waals surface area (Å²) >= 11 is 0. The summed E-state index contributed by atoms with van der Waals surface area (Å²) in [5, 5.41) is 4.39. The molecule has 7 nitrogen and oxygen atoms in total. The molecule has 2 aromatic heterocycles. The molecule has 3 aromatic rings. The smallest absolute Gasteiger partial charge is 0.332 e. The SMILES string of the molecule is Cc1cc(OC(C)C)cc(-c2ncn(/C=C\C(=O)O[C@@H](C)c3ccccn3)n2)c1. The standard InChI is InChI=1S/C22H24N4O3/c1-15(2)28-19-12-16(3)11-18(13-19)22-24-14-26(25-22)10-8-21(27)29-17(4)20-7-5-6-9-23-20/h5-15,17H,1-4H3/b10-8-/t17-/m0/s1. The van der Waals surface area contributed by atoms with Crippen LogP contribution in [0.15, 0.2) is 55.0 Å². The Morgan fingerprint density at radius 3 is 2.69 bits per heavy atom. The minimum Gasteiger partial charge on any atom is -0.491 e. The van der Waals surface area contributed by atoms with Gasteiger partial charge in [0.1, 0.15) is 18.2 Å². The van der Waals surface area contributed by atoms with E-state index in [1.807, 2.05) is 57.2 Å². The fraction of sp³-hybridized carbons (Fsp3) is 0.273. The number of benzene rings is 1. The van der Waals surface area contributed by atoms with Gasteiger partial charge in [-0.2, -0.15) is 0 Å². The van der Waals surface area contributed by atoms with Gasteiger partial charge in [0.05, 0.1) is 11.8 Å². The van der Waals surface area contributed by atoms with E-state index in [-0.39, 0.29) is 6.10 Å². The van der Waals surface area contributed by atoms with Crippen molar-refractivity contribution in [2.24, 2.45) is 0 Å². The van der Waals surface area contributed by atoms with Crippen molar-refractivity contribution in [1.82, 2.24) is 19.7 Å². The number of aryl methyl sites for hydroxylation is 1. The molecule has 7 heteroatoms. The maximum absolute atomic E-state index is 12.1. The number of ether oxygens (including phenoxy) is 2. The number of carbonyl (C=O) groups excluding carboxylic acids is 1. The van der Waals surface area contributed by atoms with Gasteiger partial charge in [0.2, 0.25) is 0 Å². The summed E-state index contributed by atoms with van der Waals surface area (Å²) in [5.41, 5.74) is 2.59. The van der Waals surface area contributed by atoms with Crippen LogP contribution in [-0.2, 0) is 9.53 Å². The first-order valence-electron chi connectivity index (χ1n) is 9.40. The van der Waals surface area contributed by atoms with Crippen LogP contribution in [0, 0.1) is 6.92 Å². The molecule has 1 aromatic carbocycles. The maximum Gasteiger partial charge on any atom is 0.332 e. The quantitative estimate of drug-likeness (QED) is 0.443. The maximum atomic E-state index is 12.1. The Morgan fingerprint density at radius 2 is 1.97 bits per heavy atom. The van der Waals surface area contributed by atoms with Crippen LogP contribution >= 0.6 is 0 Å². The van der Waals surface area contributed by atoms with E-state index < -0.39 is 12.1 Å². The Morgan fingerprint density at radius 1 is 1.14 bits per heavy atom. The van der Waals surface area contributed by atoms with Gasteiger partial charge in [-0.1, -0.05) is 6.07 Å². The highest BCUT2D eigenvalue weighted by Gasteiger charge is 2.11. The van der Waals surface area contributed by atoms with Crippen molar-refractivity contribution >= 4 is 12.2 Å². The summed E-state index contributed by atoms with van der Waals surface area (Å²) in [5.74, 6) is 0.833. The third-order valence-corrected chi connectivity index (χ3v) is 3.95. The van der Waals surface area contributed by atoms with Crippen LogP contribution in [-0.4, -0.2) is 31.8 Å². The molecule has 0 bridgehead atoms. The molecule has 0 saturated carbocycles. The van der Waals surface area contributed by atoms with Crippen LogP contribution in [0.4, 0.5) is 0 Å². The second kappa shape index (κ2) is 9.14.